The van der Waals surface area contributed by atoms with Crippen LogP contribution in [0.4, 0.5) is 21.6 Å². The maximum absolute atomic E-state index is 14.3. The normalized spacial score (nSPS) is 15.4. The zero-order valence-electron chi connectivity index (χ0n) is 16.0. The van der Waals surface area contributed by atoms with Gasteiger partial charge in [0, 0.05) is 36.5 Å². The SMILES string of the molecule is CN1C(=O)c2c([nH]c(-c3ccnc(N)c3)c2Nc2ccccc2F)CC1(C)C. The number of rotatable bonds is 3. The monoisotopic (exact) mass is 379 g/mol. The highest BCUT2D eigenvalue weighted by atomic mass is 19.1. The van der Waals surface area contributed by atoms with Crippen molar-refractivity contribution in [1.29, 1.82) is 0 Å². The van der Waals surface area contributed by atoms with E-state index in [1.165, 1.54) is 6.07 Å². The topological polar surface area (TPSA) is 87.0 Å². The van der Waals surface area contributed by atoms with Crippen LogP contribution < -0.4 is 11.1 Å². The molecule has 1 amide bonds. The summed E-state index contributed by atoms with van der Waals surface area (Å²) in [5.74, 6) is -0.144. The summed E-state index contributed by atoms with van der Waals surface area (Å²) < 4.78 is 14.3. The number of pyridine rings is 1. The van der Waals surface area contributed by atoms with Crippen molar-refractivity contribution in [3.8, 4) is 11.3 Å². The number of hydrogen-bond acceptors (Lipinski definition) is 4. The summed E-state index contributed by atoms with van der Waals surface area (Å²) >= 11 is 0. The van der Waals surface area contributed by atoms with Crippen LogP contribution in [-0.2, 0) is 6.42 Å². The quantitative estimate of drug-likeness (QED) is 0.643. The van der Waals surface area contributed by atoms with Crippen molar-refractivity contribution in [1.82, 2.24) is 14.9 Å². The Balaban J connectivity index is 1.93. The van der Waals surface area contributed by atoms with Crippen LogP contribution in [0.3, 0.4) is 0 Å². The van der Waals surface area contributed by atoms with Crippen LogP contribution in [0.5, 0.6) is 0 Å². The number of benzene rings is 1. The van der Waals surface area contributed by atoms with Gasteiger partial charge < -0.3 is 20.9 Å². The van der Waals surface area contributed by atoms with Crippen molar-refractivity contribution < 1.29 is 9.18 Å². The van der Waals surface area contributed by atoms with Gasteiger partial charge in [-0.15, -0.1) is 0 Å². The van der Waals surface area contributed by atoms with Gasteiger partial charge in [-0.3, -0.25) is 4.79 Å². The Kier molecular flexibility index (Phi) is 4.10. The van der Waals surface area contributed by atoms with Crippen LogP contribution in [0.15, 0.2) is 42.6 Å². The van der Waals surface area contributed by atoms with Gasteiger partial charge in [0.05, 0.1) is 22.6 Å². The highest BCUT2D eigenvalue weighted by Crippen LogP contribution is 2.41. The van der Waals surface area contributed by atoms with Crippen LogP contribution in [-0.4, -0.2) is 33.4 Å². The number of carbonyl (C=O) groups excluding carboxylic acids is 1. The molecule has 3 heterocycles. The summed E-state index contributed by atoms with van der Waals surface area (Å²) in [6.07, 6.45) is 2.26. The summed E-state index contributed by atoms with van der Waals surface area (Å²) in [5, 5.41) is 3.13. The molecule has 1 aliphatic heterocycles. The number of likely N-dealkylation sites (N-methyl/N-ethyl adjacent to an activating group) is 1. The zero-order chi connectivity index (χ0) is 20.1. The molecule has 7 heteroatoms. The number of aromatic nitrogens is 2. The molecule has 0 spiro atoms. The smallest absolute Gasteiger partial charge is 0.258 e. The van der Waals surface area contributed by atoms with E-state index in [-0.39, 0.29) is 11.4 Å². The molecule has 2 aromatic heterocycles. The largest absolute Gasteiger partial charge is 0.384 e. The van der Waals surface area contributed by atoms with Gasteiger partial charge in [0.2, 0.25) is 0 Å². The predicted octanol–water partition coefficient (Wildman–Crippen LogP) is 3.95. The number of H-pyrrole nitrogens is 1. The van der Waals surface area contributed by atoms with E-state index in [9.17, 15) is 9.18 Å². The van der Waals surface area contributed by atoms with E-state index < -0.39 is 5.82 Å². The van der Waals surface area contributed by atoms with Crippen molar-refractivity contribution in [3.05, 3.63) is 59.7 Å². The molecule has 0 saturated carbocycles. The minimum Gasteiger partial charge on any atom is -0.384 e. The van der Waals surface area contributed by atoms with E-state index in [4.69, 9.17) is 5.73 Å². The van der Waals surface area contributed by atoms with Gasteiger partial charge in [-0.25, -0.2) is 9.37 Å². The molecule has 0 atom stereocenters. The highest BCUT2D eigenvalue weighted by molar-refractivity contribution is 6.06. The molecule has 4 rings (SSSR count). The van der Waals surface area contributed by atoms with E-state index in [0.717, 1.165) is 11.3 Å². The molecule has 4 N–H and O–H groups in total. The number of nitrogens with one attached hydrogen (secondary N) is 2. The molecule has 0 bridgehead atoms. The van der Waals surface area contributed by atoms with Crippen LogP contribution in [0.1, 0.15) is 29.9 Å². The first-order valence-corrected chi connectivity index (χ1v) is 9.04. The number of fused-ring (bicyclic) bond motifs is 1. The molecular formula is C21H22FN5O. The molecule has 28 heavy (non-hydrogen) atoms. The molecule has 0 aliphatic carbocycles. The zero-order valence-corrected chi connectivity index (χ0v) is 16.0. The summed E-state index contributed by atoms with van der Waals surface area (Å²) in [6, 6.07) is 9.91. The van der Waals surface area contributed by atoms with E-state index >= 15 is 0 Å². The number of anilines is 3. The number of aromatic amines is 1. The van der Waals surface area contributed by atoms with Crippen LogP contribution >= 0.6 is 0 Å². The van der Waals surface area contributed by atoms with Gasteiger partial charge in [-0.1, -0.05) is 12.1 Å². The Morgan fingerprint density at radius 2 is 2.04 bits per heavy atom. The molecule has 1 aliphatic rings. The lowest BCUT2D eigenvalue weighted by Gasteiger charge is -2.39. The van der Waals surface area contributed by atoms with E-state index in [0.29, 0.717) is 34.9 Å². The maximum Gasteiger partial charge on any atom is 0.258 e. The summed E-state index contributed by atoms with van der Waals surface area (Å²) in [7, 11) is 1.79. The number of carbonyl (C=O) groups is 1. The van der Waals surface area contributed by atoms with Crippen molar-refractivity contribution >= 4 is 23.1 Å². The minimum absolute atomic E-state index is 0.116. The lowest BCUT2D eigenvalue weighted by molar-refractivity contribution is 0.0591. The number of nitrogen functional groups attached to an aromatic ring is 1. The molecule has 1 aromatic carbocycles. The molecule has 3 aromatic rings. The number of halogens is 1. The molecule has 0 unspecified atom stereocenters. The fraction of sp³-hybridized carbons (Fsp3) is 0.238. The standard InChI is InChI=1S/C21H22FN5O/c1-21(2)11-15-17(20(28)27(21)3)19(25-14-7-5-4-6-13(14)22)18(26-15)12-8-9-24-16(23)10-12/h4-10,25-26H,11H2,1-3H3,(H2,23,24). The van der Waals surface area contributed by atoms with Gasteiger partial charge in [0.15, 0.2) is 0 Å². The van der Waals surface area contributed by atoms with E-state index in [2.05, 4.69) is 15.3 Å². The third kappa shape index (κ3) is 2.89. The third-order valence-electron chi connectivity index (χ3n) is 5.32. The Bertz CT molecular complexity index is 1070. The number of nitrogens with zero attached hydrogens (tertiary/aromatic N) is 2. The Morgan fingerprint density at radius 3 is 2.75 bits per heavy atom. The molecule has 6 nitrogen and oxygen atoms in total. The fourth-order valence-electron chi connectivity index (χ4n) is 3.56. The van der Waals surface area contributed by atoms with Gasteiger partial charge in [0.25, 0.3) is 5.91 Å². The maximum atomic E-state index is 14.3. The van der Waals surface area contributed by atoms with E-state index in [1.807, 2.05) is 13.8 Å². The summed E-state index contributed by atoms with van der Waals surface area (Å²) in [5.41, 5.74) is 9.16. The molecule has 144 valence electrons. The number of amides is 1. The average Bonchev–Trinajstić information content (AvgIpc) is 2.99. The van der Waals surface area contributed by atoms with Crippen LogP contribution in [0, 0.1) is 5.82 Å². The fourth-order valence-corrected chi connectivity index (χ4v) is 3.56. The van der Waals surface area contributed by atoms with Crippen molar-refractivity contribution in [3.63, 3.8) is 0 Å². The van der Waals surface area contributed by atoms with Crippen molar-refractivity contribution in [2.45, 2.75) is 25.8 Å². The lowest BCUT2D eigenvalue weighted by Crippen LogP contribution is -2.50. The number of para-hydroxylation sites is 1. The van der Waals surface area contributed by atoms with Gasteiger partial charge in [0.1, 0.15) is 11.6 Å². The van der Waals surface area contributed by atoms with Gasteiger partial charge in [-0.2, -0.15) is 0 Å². The molecule has 0 fully saturated rings. The molecular weight excluding hydrogens is 357 g/mol. The summed E-state index contributed by atoms with van der Waals surface area (Å²) in [6.45, 7) is 4.03. The Morgan fingerprint density at radius 1 is 1.29 bits per heavy atom. The number of nitrogens with two attached hydrogens (primary N) is 1. The average molecular weight is 379 g/mol. The van der Waals surface area contributed by atoms with Crippen molar-refractivity contribution in [2.75, 3.05) is 18.1 Å². The van der Waals surface area contributed by atoms with E-state index in [1.54, 1.807) is 48.5 Å². The first-order chi connectivity index (χ1) is 13.3. The van der Waals surface area contributed by atoms with Gasteiger partial charge in [-0.05, 0) is 38.1 Å². The summed E-state index contributed by atoms with van der Waals surface area (Å²) in [4.78, 5) is 22.3. The second-order valence-electron chi connectivity index (χ2n) is 7.66. The Hall–Kier alpha value is -3.35. The first kappa shape index (κ1) is 18.0. The van der Waals surface area contributed by atoms with Gasteiger partial charge >= 0.3 is 0 Å². The third-order valence-corrected chi connectivity index (χ3v) is 5.32. The minimum atomic E-state index is -0.394. The Labute approximate surface area is 162 Å². The molecule has 0 saturated heterocycles. The second kappa shape index (κ2) is 6.37. The molecule has 0 radical (unpaired) electrons. The second-order valence-corrected chi connectivity index (χ2v) is 7.66. The number of hydrogen-bond donors (Lipinski definition) is 3. The van der Waals surface area contributed by atoms with Crippen LogP contribution in [0.25, 0.3) is 11.3 Å². The highest BCUT2D eigenvalue weighted by Gasteiger charge is 2.39. The first-order valence-electron chi connectivity index (χ1n) is 9.04. The van der Waals surface area contributed by atoms with Crippen LogP contribution in [0.2, 0.25) is 0 Å². The van der Waals surface area contributed by atoms with Crippen molar-refractivity contribution in [2.24, 2.45) is 0 Å². The lowest BCUT2D eigenvalue weighted by atomic mass is 9.89. The predicted molar refractivity (Wildman–Crippen MR) is 108 cm³/mol.